The molecule has 0 fully saturated rings. The SMILES string of the molecule is Cl.NC1=NC(CCc2nccs2)CCCC1. The highest BCUT2D eigenvalue weighted by Crippen LogP contribution is 2.17. The molecule has 2 N–H and O–H groups in total. The quantitative estimate of drug-likeness (QED) is 0.908. The molecule has 1 aromatic rings. The molecule has 1 unspecified atom stereocenters. The lowest BCUT2D eigenvalue weighted by molar-refractivity contribution is 0.553. The van der Waals surface area contributed by atoms with Gasteiger partial charge in [-0.1, -0.05) is 6.42 Å². The van der Waals surface area contributed by atoms with Gasteiger partial charge in [-0.15, -0.1) is 23.7 Å². The van der Waals surface area contributed by atoms with Crippen molar-refractivity contribution >= 4 is 29.6 Å². The zero-order valence-electron chi connectivity index (χ0n) is 9.26. The summed E-state index contributed by atoms with van der Waals surface area (Å²) >= 11 is 1.73. The average molecular weight is 260 g/mol. The molecule has 0 amide bonds. The highest BCUT2D eigenvalue weighted by Gasteiger charge is 2.12. The molecule has 1 aliphatic heterocycles. The van der Waals surface area contributed by atoms with Gasteiger partial charge in [0, 0.05) is 24.4 Å². The minimum absolute atomic E-state index is 0. The number of hydrogen-bond donors (Lipinski definition) is 1. The average Bonchev–Trinajstić information content (AvgIpc) is 2.65. The van der Waals surface area contributed by atoms with Crippen LogP contribution in [0.15, 0.2) is 16.6 Å². The molecule has 0 saturated heterocycles. The molecule has 0 spiro atoms. The second kappa shape index (κ2) is 6.86. The highest BCUT2D eigenvalue weighted by molar-refractivity contribution is 7.09. The van der Waals surface area contributed by atoms with Gasteiger partial charge in [-0.2, -0.15) is 0 Å². The summed E-state index contributed by atoms with van der Waals surface area (Å²) in [4.78, 5) is 8.83. The number of aromatic nitrogens is 1. The molecule has 90 valence electrons. The molecule has 1 aromatic heterocycles. The molecule has 0 aliphatic carbocycles. The Labute approximate surface area is 107 Å². The van der Waals surface area contributed by atoms with Gasteiger partial charge in [-0.3, -0.25) is 4.99 Å². The summed E-state index contributed by atoms with van der Waals surface area (Å²) in [5.41, 5.74) is 5.81. The van der Waals surface area contributed by atoms with Gasteiger partial charge in [0.1, 0.15) is 0 Å². The first-order valence-electron chi connectivity index (χ1n) is 5.55. The van der Waals surface area contributed by atoms with E-state index < -0.39 is 0 Å². The van der Waals surface area contributed by atoms with E-state index in [4.69, 9.17) is 5.73 Å². The summed E-state index contributed by atoms with van der Waals surface area (Å²) in [5, 5.41) is 3.24. The molecule has 1 atom stereocenters. The van der Waals surface area contributed by atoms with Crippen LogP contribution in [0.4, 0.5) is 0 Å². The smallest absolute Gasteiger partial charge is 0.0940 e. The van der Waals surface area contributed by atoms with Crippen molar-refractivity contribution in [3.63, 3.8) is 0 Å². The lowest BCUT2D eigenvalue weighted by atomic mass is 10.1. The monoisotopic (exact) mass is 259 g/mol. The zero-order chi connectivity index (χ0) is 10.5. The Balaban J connectivity index is 0.00000128. The summed E-state index contributed by atoms with van der Waals surface area (Å²) in [6.07, 6.45) is 8.62. The van der Waals surface area contributed by atoms with Crippen LogP contribution in [0.3, 0.4) is 0 Å². The Morgan fingerprint density at radius 3 is 3.06 bits per heavy atom. The standard InChI is InChI=1S/C11H17N3S.ClH/c12-10-4-2-1-3-9(14-10)5-6-11-13-7-8-15-11;/h7-9H,1-6H2,(H2,12,14);1H. The lowest BCUT2D eigenvalue weighted by Crippen LogP contribution is -2.14. The highest BCUT2D eigenvalue weighted by atomic mass is 35.5. The normalized spacial score (nSPS) is 20.8. The van der Waals surface area contributed by atoms with Gasteiger partial charge in [0.2, 0.25) is 0 Å². The number of nitrogens with two attached hydrogens (primary N) is 1. The molecule has 0 saturated carbocycles. The van der Waals surface area contributed by atoms with Crippen LogP contribution in [0.1, 0.15) is 37.1 Å². The molecule has 0 radical (unpaired) electrons. The van der Waals surface area contributed by atoms with Crippen LogP contribution in [-0.4, -0.2) is 16.9 Å². The van der Waals surface area contributed by atoms with E-state index in [1.165, 1.54) is 24.3 Å². The Morgan fingerprint density at radius 2 is 2.31 bits per heavy atom. The van der Waals surface area contributed by atoms with Crippen molar-refractivity contribution in [2.45, 2.75) is 44.6 Å². The third kappa shape index (κ3) is 4.10. The van der Waals surface area contributed by atoms with E-state index in [-0.39, 0.29) is 12.4 Å². The summed E-state index contributed by atoms with van der Waals surface area (Å²) in [6.45, 7) is 0. The zero-order valence-corrected chi connectivity index (χ0v) is 10.9. The van der Waals surface area contributed by atoms with E-state index in [9.17, 15) is 0 Å². The first-order valence-corrected chi connectivity index (χ1v) is 6.43. The van der Waals surface area contributed by atoms with Gasteiger partial charge in [-0.05, 0) is 19.3 Å². The van der Waals surface area contributed by atoms with Crippen LogP contribution in [0.25, 0.3) is 0 Å². The number of aliphatic imine (C=N–C) groups is 1. The van der Waals surface area contributed by atoms with Crippen LogP contribution in [0.5, 0.6) is 0 Å². The number of rotatable bonds is 3. The Bertz CT molecular complexity index is 324. The van der Waals surface area contributed by atoms with Gasteiger partial charge in [0.05, 0.1) is 16.9 Å². The van der Waals surface area contributed by atoms with Crippen molar-refractivity contribution in [3.8, 4) is 0 Å². The van der Waals surface area contributed by atoms with Crippen molar-refractivity contribution < 1.29 is 0 Å². The van der Waals surface area contributed by atoms with E-state index in [1.807, 2.05) is 11.6 Å². The Hall–Kier alpha value is -0.610. The predicted molar refractivity (Wildman–Crippen MR) is 71.6 cm³/mol. The number of hydrogen-bond acceptors (Lipinski definition) is 4. The molecule has 0 bridgehead atoms. The summed E-state index contributed by atoms with van der Waals surface area (Å²) in [7, 11) is 0. The van der Waals surface area contributed by atoms with Gasteiger partial charge in [0.25, 0.3) is 0 Å². The molecule has 3 nitrogen and oxygen atoms in total. The number of nitrogens with zero attached hydrogens (tertiary/aromatic N) is 2. The second-order valence-corrected chi connectivity index (χ2v) is 4.96. The number of aryl methyl sites for hydroxylation is 1. The van der Waals surface area contributed by atoms with E-state index in [1.54, 1.807) is 11.3 Å². The Morgan fingerprint density at radius 1 is 1.44 bits per heavy atom. The van der Waals surface area contributed by atoms with Gasteiger partial charge >= 0.3 is 0 Å². The molecule has 5 heteroatoms. The summed E-state index contributed by atoms with van der Waals surface area (Å²) in [6, 6.07) is 0.427. The predicted octanol–water partition coefficient (Wildman–Crippen LogP) is 2.80. The largest absolute Gasteiger partial charge is 0.387 e. The molecular formula is C11H18ClN3S. The fraction of sp³-hybridized carbons (Fsp3) is 0.636. The minimum Gasteiger partial charge on any atom is -0.387 e. The topological polar surface area (TPSA) is 51.3 Å². The van der Waals surface area contributed by atoms with Crippen molar-refractivity contribution in [2.24, 2.45) is 10.7 Å². The van der Waals surface area contributed by atoms with Crippen LogP contribution < -0.4 is 5.73 Å². The molecule has 2 heterocycles. The second-order valence-electron chi connectivity index (χ2n) is 3.98. The number of thiazole rings is 1. The van der Waals surface area contributed by atoms with Crippen LogP contribution in [-0.2, 0) is 6.42 Å². The van der Waals surface area contributed by atoms with Crippen molar-refractivity contribution in [3.05, 3.63) is 16.6 Å². The van der Waals surface area contributed by atoms with Gasteiger partial charge in [-0.25, -0.2) is 4.98 Å². The third-order valence-corrected chi connectivity index (χ3v) is 3.58. The maximum atomic E-state index is 5.81. The first-order chi connectivity index (χ1) is 7.34. The molecule has 1 aliphatic rings. The van der Waals surface area contributed by atoms with E-state index in [0.29, 0.717) is 6.04 Å². The lowest BCUT2D eigenvalue weighted by Gasteiger charge is -2.08. The molecule has 0 aromatic carbocycles. The van der Waals surface area contributed by atoms with E-state index in [0.717, 1.165) is 25.1 Å². The number of halogens is 1. The summed E-state index contributed by atoms with van der Waals surface area (Å²) < 4.78 is 0. The summed E-state index contributed by atoms with van der Waals surface area (Å²) in [5.74, 6) is 0.844. The third-order valence-electron chi connectivity index (χ3n) is 2.74. The molecule has 16 heavy (non-hydrogen) atoms. The maximum absolute atomic E-state index is 5.81. The van der Waals surface area contributed by atoms with Gasteiger partial charge < -0.3 is 5.73 Å². The van der Waals surface area contributed by atoms with Crippen LogP contribution >= 0.6 is 23.7 Å². The van der Waals surface area contributed by atoms with Gasteiger partial charge in [0.15, 0.2) is 0 Å². The molecular weight excluding hydrogens is 242 g/mol. The fourth-order valence-electron chi connectivity index (χ4n) is 1.93. The fourth-order valence-corrected chi connectivity index (χ4v) is 2.56. The maximum Gasteiger partial charge on any atom is 0.0940 e. The number of amidine groups is 1. The van der Waals surface area contributed by atoms with Crippen LogP contribution in [0.2, 0.25) is 0 Å². The van der Waals surface area contributed by atoms with Crippen molar-refractivity contribution in [2.75, 3.05) is 0 Å². The minimum atomic E-state index is 0. The van der Waals surface area contributed by atoms with E-state index >= 15 is 0 Å². The first kappa shape index (κ1) is 13.5. The van der Waals surface area contributed by atoms with Crippen molar-refractivity contribution in [1.29, 1.82) is 0 Å². The van der Waals surface area contributed by atoms with Crippen LogP contribution in [0, 0.1) is 0 Å². The molecule has 2 rings (SSSR count). The Kier molecular flexibility index (Phi) is 5.77. The van der Waals surface area contributed by atoms with E-state index in [2.05, 4.69) is 9.98 Å². The van der Waals surface area contributed by atoms with Crippen molar-refractivity contribution in [1.82, 2.24) is 4.98 Å².